The Labute approximate surface area is 123 Å². The first kappa shape index (κ1) is 16.0. The van der Waals surface area contributed by atoms with Crippen LogP contribution in [0, 0.1) is 0 Å². The van der Waals surface area contributed by atoms with Crippen molar-refractivity contribution in [2.24, 2.45) is 0 Å². The highest BCUT2D eigenvalue weighted by atomic mass is 19.3. The van der Waals surface area contributed by atoms with E-state index in [0.717, 1.165) is 31.6 Å². The molecule has 1 aromatic rings. The number of benzene rings is 1. The predicted molar refractivity (Wildman–Crippen MR) is 74.9 cm³/mol. The van der Waals surface area contributed by atoms with E-state index >= 15 is 0 Å². The first-order valence-corrected chi connectivity index (χ1v) is 7.20. The van der Waals surface area contributed by atoms with Crippen LogP contribution in [0.3, 0.4) is 0 Å². The molecule has 1 aliphatic heterocycles. The maximum atomic E-state index is 12.3. The van der Waals surface area contributed by atoms with Gasteiger partial charge in [-0.2, -0.15) is 8.78 Å². The molecule has 0 atom stereocenters. The molecule has 1 fully saturated rings. The standard InChI is InChI=1S/C15H21F2NO3/c1-2-20-14-9-11(3-4-13(14)21-15(16)17)10-18-12-5-7-19-8-6-12/h3-4,9,12,15,18H,2,5-8,10H2,1H3. The van der Waals surface area contributed by atoms with E-state index in [1.165, 1.54) is 6.07 Å². The third-order valence-corrected chi connectivity index (χ3v) is 3.34. The van der Waals surface area contributed by atoms with Gasteiger partial charge in [-0.25, -0.2) is 0 Å². The average Bonchev–Trinajstić information content (AvgIpc) is 2.48. The van der Waals surface area contributed by atoms with Gasteiger partial charge in [0.15, 0.2) is 11.5 Å². The van der Waals surface area contributed by atoms with Crippen molar-refractivity contribution in [3.05, 3.63) is 23.8 Å². The summed E-state index contributed by atoms with van der Waals surface area (Å²) in [6.07, 6.45) is 1.98. The van der Waals surface area contributed by atoms with Gasteiger partial charge in [-0.1, -0.05) is 6.07 Å². The molecule has 0 spiro atoms. The minimum atomic E-state index is -2.85. The molecular weight excluding hydrogens is 280 g/mol. The molecule has 0 radical (unpaired) electrons. The molecule has 1 saturated heterocycles. The predicted octanol–water partition coefficient (Wildman–Crippen LogP) is 2.96. The molecular formula is C15H21F2NO3. The van der Waals surface area contributed by atoms with E-state index < -0.39 is 6.61 Å². The topological polar surface area (TPSA) is 39.7 Å². The SMILES string of the molecule is CCOc1cc(CNC2CCOCC2)ccc1OC(F)F. The lowest BCUT2D eigenvalue weighted by molar-refractivity contribution is -0.0514. The molecule has 1 N–H and O–H groups in total. The summed E-state index contributed by atoms with van der Waals surface area (Å²) in [6, 6.07) is 5.48. The molecule has 1 heterocycles. The van der Waals surface area contributed by atoms with Gasteiger partial charge in [-0.3, -0.25) is 0 Å². The van der Waals surface area contributed by atoms with Crippen molar-refractivity contribution < 1.29 is 23.0 Å². The van der Waals surface area contributed by atoms with Gasteiger partial charge >= 0.3 is 6.61 Å². The first-order chi connectivity index (χ1) is 10.2. The second kappa shape index (κ2) is 8.14. The van der Waals surface area contributed by atoms with Gasteiger partial charge in [-0.05, 0) is 37.5 Å². The highest BCUT2D eigenvalue weighted by molar-refractivity contribution is 5.43. The van der Waals surface area contributed by atoms with Crippen LogP contribution in [0.1, 0.15) is 25.3 Å². The summed E-state index contributed by atoms with van der Waals surface area (Å²) in [7, 11) is 0. The lowest BCUT2D eigenvalue weighted by Crippen LogP contribution is -2.34. The van der Waals surface area contributed by atoms with Crippen LogP contribution in [0.4, 0.5) is 8.78 Å². The summed E-state index contributed by atoms with van der Waals surface area (Å²) in [6.45, 7) is 1.58. The zero-order valence-corrected chi connectivity index (χ0v) is 12.1. The van der Waals surface area contributed by atoms with Gasteiger partial charge in [0.2, 0.25) is 0 Å². The van der Waals surface area contributed by atoms with E-state index in [9.17, 15) is 8.78 Å². The van der Waals surface area contributed by atoms with E-state index in [-0.39, 0.29) is 5.75 Å². The van der Waals surface area contributed by atoms with E-state index in [1.807, 2.05) is 0 Å². The molecule has 0 unspecified atom stereocenters. The molecule has 0 amide bonds. The highest BCUT2D eigenvalue weighted by Gasteiger charge is 2.14. The molecule has 0 aliphatic carbocycles. The number of nitrogens with one attached hydrogen (secondary N) is 1. The molecule has 118 valence electrons. The summed E-state index contributed by atoms with van der Waals surface area (Å²) >= 11 is 0. The Bertz CT molecular complexity index is 437. The summed E-state index contributed by atoms with van der Waals surface area (Å²) in [5, 5.41) is 3.44. The van der Waals surface area contributed by atoms with Gasteiger partial charge in [0, 0.05) is 25.8 Å². The minimum absolute atomic E-state index is 0.0710. The fourth-order valence-corrected chi connectivity index (χ4v) is 2.29. The van der Waals surface area contributed by atoms with Crippen LogP contribution >= 0.6 is 0 Å². The smallest absolute Gasteiger partial charge is 0.387 e. The quantitative estimate of drug-likeness (QED) is 0.840. The molecule has 6 heteroatoms. The molecule has 0 saturated carbocycles. The second-order valence-electron chi connectivity index (χ2n) is 4.86. The maximum absolute atomic E-state index is 12.3. The highest BCUT2D eigenvalue weighted by Crippen LogP contribution is 2.30. The average molecular weight is 301 g/mol. The summed E-state index contributed by atoms with van der Waals surface area (Å²) < 4.78 is 39.8. The minimum Gasteiger partial charge on any atom is -0.490 e. The monoisotopic (exact) mass is 301 g/mol. The summed E-state index contributed by atoms with van der Waals surface area (Å²) in [4.78, 5) is 0. The zero-order valence-electron chi connectivity index (χ0n) is 12.1. The van der Waals surface area contributed by atoms with Gasteiger partial charge in [0.25, 0.3) is 0 Å². The maximum Gasteiger partial charge on any atom is 0.387 e. The summed E-state index contributed by atoms with van der Waals surface area (Å²) in [5.41, 5.74) is 0.978. The van der Waals surface area contributed by atoms with Crippen LogP contribution in [-0.4, -0.2) is 32.5 Å². The second-order valence-corrected chi connectivity index (χ2v) is 4.86. The molecule has 1 aromatic carbocycles. The fraction of sp³-hybridized carbons (Fsp3) is 0.600. The third kappa shape index (κ3) is 5.13. The first-order valence-electron chi connectivity index (χ1n) is 7.20. The third-order valence-electron chi connectivity index (χ3n) is 3.34. The van der Waals surface area contributed by atoms with Crippen LogP contribution in [0.5, 0.6) is 11.5 Å². The molecule has 0 aromatic heterocycles. The largest absolute Gasteiger partial charge is 0.490 e. The lowest BCUT2D eigenvalue weighted by atomic mass is 10.1. The van der Waals surface area contributed by atoms with Crippen molar-refractivity contribution in [3.8, 4) is 11.5 Å². The van der Waals surface area contributed by atoms with Gasteiger partial charge in [0.1, 0.15) is 0 Å². The van der Waals surface area contributed by atoms with Crippen molar-refractivity contribution in [1.29, 1.82) is 0 Å². The normalized spacial score (nSPS) is 16.2. The van der Waals surface area contributed by atoms with E-state index in [4.69, 9.17) is 9.47 Å². The molecule has 2 rings (SSSR count). The molecule has 0 bridgehead atoms. The van der Waals surface area contributed by atoms with Crippen molar-refractivity contribution in [1.82, 2.24) is 5.32 Å². The van der Waals surface area contributed by atoms with Crippen molar-refractivity contribution in [2.45, 2.75) is 39.0 Å². The number of alkyl halides is 2. The van der Waals surface area contributed by atoms with Crippen molar-refractivity contribution in [3.63, 3.8) is 0 Å². The Morgan fingerprint density at radius 3 is 2.71 bits per heavy atom. The number of ether oxygens (including phenoxy) is 3. The Morgan fingerprint density at radius 2 is 2.05 bits per heavy atom. The van der Waals surface area contributed by atoms with Gasteiger partial charge < -0.3 is 19.5 Å². The van der Waals surface area contributed by atoms with Crippen LogP contribution < -0.4 is 14.8 Å². The molecule has 4 nitrogen and oxygen atoms in total. The Morgan fingerprint density at radius 1 is 1.29 bits per heavy atom. The van der Waals surface area contributed by atoms with Crippen LogP contribution in [0.25, 0.3) is 0 Å². The zero-order chi connectivity index (χ0) is 15.1. The number of rotatable bonds is 7. The Hall–Kier alpha value is -1.40. The number of hydrogen-bond acceptors (Lipinski definition) is 4. The molecule has 1 aliphatic rings. The Kier molecular flexibility index (Phi) is 6.20. The number of hydrogen-bond donors (Lipinski definition) is 1. The Balaban J connectivity index is 1.97. The van der Waals surface area contributed by atoms with Crippen LogP contribution in [-0.2, 0) is 11.3 Å². The van der Waals surface area contributed by atoms with Gasteiger partial charge in [-0.15, -0.1) is 0 Å². The van der Waals surface area contributed by atoms with Crippen LogP contribution in [0.2, 0.25) is 0 Å². The lowest BCUT2D eigenvalue weighted by Gasteiger charge is -2.23. The van der Waals surface area contributed by atoms with Gasteiger partial charge in [0.05, 0.1) is 6.61 Å². The fourth-order valence-electron chi connectivity index (χ4n) is 2.29. The number of halogens is 2. The van der Waals surface area contributed by atoms with Crippen molar-refractivity contribution in [2.75, 3.05) is 19.8 Å². The molecule has 21 heavy (non-hydrogen) atoms. The van der Waals surface area contributed by atoms with Crippen LogP contribution in [0.15, 0.2) is 18.2 Å². The summed E-state index contributed by atoms with van der Waals surface area (Å²) in [5.74, 6) is 0.422. The van der Waals surface area contributed by atoms with E-state index in [0.29, 0.717) is 24.9 Å². The van der Waals surface area contributed by atoms with Crippen molar-refractivity contribution >= 4 is 0 Å². The van der Waals surface area contributed by atoms with E-state index in [2.05, 4.69) is 10.1 Å². The van der Waals surface area contributed by atoms with E-state index in [1.54, 1.807) is 19.1 Å².